The van der Waals surface area contributed by atoms with E-state index in [4.69, 9.17) is 23.2 Å². The molecule has 0 amide bonds. The van der Waals surface area contributed by atoms with Crippen molar-refractivity contribution in [3.63, 3.8) is 0 Å². The quantitative estimate of drug-likeness (QED) is 0.520. The molecule has 102 valence electrons. The summed E-state index contributed by atoms with van der Waals surface area (Å²) < 4.78 is 0. The number of unbranched alkanes of at least 4 members (excludes halogenated alkanes) is 2. The van der Waals surface area contributed by atoms with E-state index in [1.807, 2.05) is 18.2 Å². The average molecular weight is 306 g/mol. The molecule has 0 aliphatic carbocycles. The van der Waals surface area contributed by atoms with Gasteiger partial charge in [0.15, 0.2) is 0 Å². The largest absolute Gasteiger partial charge is 0.316 e. The van der Waals surface area contributed by atoms with Crippen LogP contribution in [0.5, 0.6) is 0 Å². The van der Waals surface area contributed by atoms with Gasteiger partial charge >= 0.3 is 0 Å². The Morgan fingerprint density at radius 3 is 2.78 bits per heavy atom. The van der Waals surface area contributed by atoms with Gasteiger partial charge in [0, 0.05) is 21.7 Å². The molecule has 1 unspecified atom stereocenters. The van der Waals surface area contributed by atoms with Gasteiger partial charge in [0.25, 0.3) is 0 Å². The Hall–Kier alpha value is 0.110. The predicted octanol–water partition coefficient (Wildman–Crippen LogP) is 5.25. The topological polar surface area (TPSA) is 12.0 Å². The number of benzene rings is 1. The van der Waals surface area contributed by atoms with E-state index in [0.717, 1.165) is 28.0 Å². The minimum absolute atomic E-state index is 0.489. The van der Waals surface area contributed by atoms with Crippen LogP contribution in [0, 0.1) is 0 Å². The smallest absolute Gasteiger partial charge is 0.0543 e. The Morgan fingerprint density at radius 2 is 2.06 bits per heavy atom. The molecule has 4 heteroatoms. The first-order valence-corrected chi connectivity index (χ1v) is 8.09. The van der Waals surface area contributed by atoms with Crippen LogP contribution in [-0.4, -0.2) is 18.3 Å². The molecule has 0 spiro atoms. The van der Waals surface area contributed by atoms with Gasteiger partial charge in [-0.3, -0.25) is 0 Å². The van der Waals surface area contributed by atoms with Gasteiger partial charge in [-0.05, 0) is 31.2 Å². The van der Waals surface area contributed by atoms with Gasteiger partial charge < -0.3 is 5.32 Å². The van der Waals surface area contributed by atoms with E-state index >= 15 is 0 Å². The highest BCUT2D eigenvalue weighted by Gasteiger charge is 2.08. The summed E-state index contributed by atoms with van der Waals surface area (Å²) in [5.74, 6) is 0. The maximum absolute atomic E-state index is 6.14. The molecule has 1 nitrogen and oxygen atoms in total. The summed E-state index contributed by atoms with van der Waals surface area (Å²) in [5, 5.41) is 5.49. The molecule has 1 aromatic rings. The fraction of sp³-hybridized carbons (Fsp3) is 0.571. The summed E-state index contributed by atoms with van der Waals surface area (Å²) >= 11 is 13.9. The molecule has 1 aromatic carbocycles. The summed E-state index contributed by atoms with van der Waals surface area (Å²) in [5.41, 5.74) is 0. The maximum atomic E-state index is 6.14. The molecule has 18 heavy (non-hydrogen) atoms. The van der Waals surface area contributed by atoms with Crippen LogP contribution in [0.4, 0.5) is 0 Å². The fourth-order valence-electron chi connectivity index (χ4n) is 1.63. The lowest BCUT2D eigenvalue weighted by atomic mass is 10.2. The Balaban J connectivity index is 2.30. The highest BCUT2D eigenvalue weighted by molar-refractivity contribution is 8.00. The van der Waals surface area contributed by atoms with Crippen LogP contribution >= 0.6 is 35.0 Å². The first kappa shape index (κ1) is 16.2. The molecular formula is C14H21Cl2NS. The van der Waals surface area contributed by atoms with Crippen LogP contribution in [0.1, 0.15) is 33.1 Å². The zero-order chi connectivity index (χ0) is 13.4. The van der Waals surface area contributed by atoms with Crippen LogP contribution in [0.25, 0.3) is 0 Å². The van der Waals surface area contributed by atoms with Crippen molar-refractivity contribution >= 4 is 35.0 Å². The van der Waals surface area contributed by atoms with Crippen molar-refractivity contribution in [1.29, 1.82) is 0 Å². The highest BCUT2D eigenvalue weighted by atomic mass is 35.5. The van der Waals surface area contributed by atoms with Crippen molar-refractivity contribution in [3.05, 3.63) is 28.2 Å². The lowest BCUT2D eigenvalue weighted by molar-refractivity contribution is 0.616. The Bertz CT molecular complexity index is 358. The average Bonchev–Trinajstić information content (AvgIpc) is 2.33. The minimum Gasteiger partial charge on any atom is -0.316 e. The van der Waals surface area contributed by atoms with Gasteiger partial charge in [-0.2, -0.15) is 0 Å². The van der Waals surface area contributed by atoms with Gasteiger partial charge in [-0.15, -0.1) is 11.8 Å². The van der Waals surface area contributed by atoms with Gasteiger partial charge in [0.1, 0.15) is 0 Å². The number of thioether (sulfide) groups is 1. The van der Waals surface area contributed by atoms with Crippen LogP contribution < -0.4 is 5.32 Å². The van der Waals surface area contributed by atoms with E-state index in [0.29, 0.717) is 5.25 Å². The number of nitrogens with one attached hydrogen (secondary N) is 1. The predicted molar refractivity (Wildman–Crippen MR) is 84.2 cm³/mol. The van der Waals surface area contributed by atoms with Crippen molar-refractivity contribution in [2.45, 2.75) is 43.3 Å². The molecule has 0 aliphatic heterocycles. The Labute approximate surface area is 125 Å². The summed E-state index contributed by atoms with van der Waals surface area (Å²) in [7, 11) is 0. The second-order valence-electron chi connectivity index (χ2n) is 4.41. The van der Waals surface area contributed by atoms with E-state index in [1.165, 1.54) is 19.3 Å². The third-order valence-electron chi connectivity index (χ3n) is 2.61. The zero-order valence-corrected chi connectivity index (χ0v) is 13.3. The highest BCUT2D eigenvalue weighted by Crippen LogP contribution is 2.32. The molecule has 0 fully saturated rings. The number of rotatable bonds is 8. The van der Waals surface area contributed by atoms with E-state index in [9.17, 15) is 0 Å². The lowest BCUT2D eigenvalue weighted by Crippen LogP contribution is -2.23. The van der Waals surface area contributed by atoms with E-state index in [1.54, 1.807) is 11.8 Å². The van der Waals surface area contributed by atoms with Crippen LogP contribution in [0.2, 0.25) is 10.0 Å². The zero-order valence-electron chi connectivity index (χ0n) is 11.0. The second-order valence-corrected chi connectivity index (χ2v) is 6.74. The van der Waals surface area contributed by atoms with Crippen LogP contribution in [-0.2, 0) is 0 Å². The summed E-state index contributed by atoms with van der Waals surface area (Å²) in [4.78, 5) is 1.06. The van der Waals surface area contributed by atoms with Crippen molar-refractivity contribution in [1.82, 2.24) is 5.32 Å². The molecule has 0 bridgehead atoms. The Kier molecular flexibility index (Phi) is 8.16. The lowest BCUT2D eigenvalue weighted by Gasteiger charge is -2.13. The van der Waals surface area contributed by atoms with Crippen molar-refractivity contribution in [3.8, 4) is 0 Å². The van der Waals surface area contributed by atoms with E-state index < -0.39 is 0 Å². The summed E-state index contributed by atoms with van der Waals surface area (Å²) in [6.45, 7) is 6.52. The molecule has 1 rings (SSSR count). The van der Waals surface area contributed by atoms with Gasteiger partial charge in [0.2, 0.25) is 0 Å². The third-order valence-corrected chi connectivity index (χ3v) is 4.45. The minimum atomic E-state index is 0.489. The van der Waals surface area contributed by atoms with Crippen molar-refractivity contribution in [2.24, 2.45) is 0 Å². The maximum Gasteiger partial charge on any atom is 0.0543 e. The molecule has 0 saturated heterocycles. The van der Waals surface area contributed by atoms with E-state index in [2.05, 4.69) is 19.2 Å². The number of hydrogen-bond acceptors (Lipinski definition) is 2. The number of halogens is 2. The van der Waals surface area contributed by atoms with Gasteiger partial charge in [0.05, 0.1) is 5.02 Å². The van der Waals surface area contributed by atoms with E-state index in [-0.39, 0.29) is 0 Å². The normalized spacial score (nSPS) is 12.7. The summed E-state index contributed by atoms with van der Waals surface area (Å²) in [6.07, 6.45) is 3.82. The van der Waals surface area contributed by atoms with Crippen molar-refractivity contribution in [2.75, 3.05) is 13.1 Å². The molecular weight excluding hydrogens is 285 g/mol. The third kappa shape index (κ3) is 6.33. The van der Waals surface area contributed by atoms with Crippen molar-refractivity contribution < 1.29 is 0 Å². The summed E-state index contributed by atoms with van der Waals surface area (Å²) in [6, 6.07) is 5.61. The molecule has 0 radical (unpaired) electrons. The molecule has 1 atom stereocenters. The molecule has 0 aliphatic rings. The first-order chi connectivity index (χ1) is 8.63. The standard InChI is InChI=1S/C14H21Cl2NS/c1-3-4-5-8-17-10-11(2)18-14-9-12(15)6-7-13(14)16/h6-7,9,11,17H,3-5,8,10H2,1-2H3. The first-order valence-electron chi connectivity index (χ1n) is 6.46. The fourth-order valence-corrected chi connectivity index (χ4v) is 3.13. The van der Waals surface area contributed by atoms with Gasteiger partial charge in [-0.1, -0.05) is 49.9 Å². The van der Waals surface area contributed by atoms with Crippen LogP contribution in [0.15, 0.2) is 23.1 Å². The van der Waals surface area contributed by atoms with Crippen LogP contribution in [0.3, 0.4) is 0 Å². The molecule has 0 aromatic heterocycles. The molecule has 0 heterocycles. The molecule has 1 N–H and O–H groups in total. The Morgan fingerprint density at radius 1 is 1.28 bits per heavy atom. The monoisotopic (exact) mass is 305 g/mol. The SMILES string of the molecule is CCCCCNCC(C)Sc1cc(Cl)ccc1Cl. The second kappa shape index (κ2) is 9.08. The number of hydrogen-bond donors (Lipinski definition) is 1. The molecule has 0 saturated carbocycles. The van der Waals surface area contributed by atoms with Gasteiger partial charge in [-0.25, -0.2) is 0 Å².